The number of allylic oxidation sites excluding steroid dienone is 6. The number of halogens is 4. The molecule has 2 nitrogen and oxygen atoms in total. The van der Waals surface area contributed by atoms with Crippen LogP contribution in [0.2, 0.25) is 0 Å². The van der Waals surface area contributed by atoms with Gasteiger partial charge in [0.2, 0.25) is 0 Å². The molecule has 0 amide bonds. The first-order valence-electron chi connectivity index (χ1n) is 6.16. The molecule has 0 aromatic carbocycles. The zero-order valence-electron chi connectivity index (χ0n) is 11.9. The third-order valence-electron chi connectivity index (χ3n) is 1.74. The Morgan fingerprint density at radius 2 is 1.19 bits per heavy atom. The molecule has 1 aliphatic carbocycles. The molecular weight excluding hydrogens is 381 g/mol. The van der Waals surface area contributed by atoms with Gasteiger partial charge in [-0.05, 0) is 38.7 Å². The molecule has 0 spiro atoms. The SMILES string of the molecule is C1=C\CC/C=C\CC/1.CC(=O)/C=C(/C)[O-].F[B-](F)(F)F.[Pd+2]. The van der Waals surface area contributed by atoms with Gasteiger partial charge >= 0.3 is 27.7 Å². The van der Waals surface area contributed by atoms with Crippen molar-refractivity contribution in [2.45, 2.75) is 39.5 Å². The van der Waals surface area contributed by atoms with Crippen molar-refractivity contribution >= 4 is 13.0 Å². The molecule has 0 aromatic heterocycles. The van der Waals surface area contributed by atoms with Crippen molar-refractivity contribution < 1.29 is 47.6 Å². The average Bonchev–Trinajstić information content (AvgIpc) is 2.10. The van der Waals surface area contributed by atoms with Crippen molar-refractivity contribution in [1.29, 1.82) is 0 Å². The van der Waals surface area contributed by atoms with Crippen LogP contribution < -0.4 is 5.11 Å². The quantitative estimate of drug-likeness (QED) is 0.221. The fourth-order valence-electron chi connectivity index (χ4n) is 1.14. The van der Waals surface area contributed by atoms with Crippen LogP contribution in [0.4, 0.5) is 17.3 Å². The molecule has 124 valence electrons. The first kappa shape index (κ1) is 25.1. The van der Waals surface area contributed by atoms with Crippen LogP contribution in [0.5, 0.6) is 0 Å². The van der Waals surface area contributed by atoms with E-state index in [1.807, 2.05) is 0 Å². The van der Waals surface area contributed by atoms with Gasteiger partial charge in [0.05, 0.1) is 0 Å². The first-order chi connectivity index (χ1) is 9.13. The number of carbonyl (C=O) groups excluding carboxylic acids is 1. The van der Waals surface area contributed by atoms with E-state index >= 15 is 0 Å². The molecule has 0 N–H and O–H groups in total. The molecule has 0 aromatic rings. The van der Waals surface area contributed by atoms with Gasteiger partial charge in [-0.15, -0.1) is 5.76 Å². The van der Waals surface area contributed by atoms with Gasteiger partial charge in [-0.2, -0.15) is 0 Å². The molecule has 0 heterocycles. The number of hydrogen-bond acceptors (Lipinski definition) is 2. The largest absolute Gasteiger partial charge is 2.00 e. The third-order valence-corrected chi connectivity index (χ3v) is 1.74. The Morgan fingerprint density at radius 3 is 1.29 bits per heavy atom. The van der Waals surface area contributed by atoms with Crippen LogP contribution in [-0.2, 0) is 25.2 Å². The Morgan fingerprint density at radius 1 is 0.952 bits per heavy atom. The maximum atomic E-state index is 9.98. The van der Waals surface area contributed by atoms with Crippen LogP contribution in [0, 0.1) is 0 Å². The van der Waals surface area contributed by atoms with Gasteiger partial charge in [-0.25, -0.2) is 0 Å². The van der Waals surface area contributed by atoms with E-state index < -0.39 is 7.25 Å². The van der Waals surface area contributed by atoms with Gasteiger partial charge in [-0.3, -0.25) is 4.79 Å². The van der Waals surface area contributed by atoms with Crippen LogP contribution in [0.3, 0.4) is 0 Å². The Balaban J connectivity index is -0.000000233. The molecule has 0 unspecified atom stereocenters. The second-order valence-electron chi connectivity index (χ2n) is 3.96. The van der Waals surface area contributed by atoms with Gasteiger partial charge < -0.3 is 22.4 Å². The van der Waals surface area contributed by atoms with Gasteiger partial charge in [0.15, 0.2) is 5.78 Å². The Bertz CT molecular complexity index is 317. The molecular formula is C13H19BF4O2Pd. The molecule has 21 heavy (non-hydrogen) atoms. The van der Waals surface area contributed by atoms with E-state index in [1.54, 1.807) is 0 Å². The number of rotatable bonds is 1. The zero-order valence-corrected chi connectivity index (χ0v) is 13.5. The van der Waals surface area contributed by atoms with Crippen molar-refractivity contribution in [3.8, 4) is 0 Å². The van der Waals surface area contributed by atoms with E-state index in [0.29, 0.717) is 0 Å². The Kier molecular flexibility index (Phi) is 18.6. The summed E-state index contributed by atoms with van der Waals surface area (Å²) < 4.78 is 39.0. The van der Waals surface area contributed by atoms with Crippen molar-refractivity contribution in [1.82, 2.24) is 0 Å². The van der Waals surface area contributed by atoms with Crippen LogP contribution in [0.15, 0.2) is 36.1 Å². The Labute approximate surface area is 136 Å². The summed E-state index contributed by atoms with van der Waals surface area (Å²) in [6, 6.07) is 0. The summed E-state index contributed by atoms with van der Waals surface area (Å²) in [6.45, 7) is 2.70. The van der Waals surface area contributed by atoms with Crippen LogP contribution in [0.1, 0.15) is 39.5 Å². The van der Waals surface area contributed by atoms with E-state index in [2.05, 4.69) is 24.3 Å². The topological polar surface area (TPSA) is 40.1 Å². The van der Waals surface area contributed by atoms with Crippen molar-refractivity contribution in [2.24, 2.45) is 0 Å². The molecule has 1 rings (SSSR count). The van der Waals surface area contributed by atoms with E-state index in [0.717, 1.165) is 6.08 Å². The monoisotopic (exact) mass is 400 g/mol. The molecule has 0 saturated heterocycles. The maximum absolute atomic E-state index is 9.98. The molecule has 8 heteroatoms. The normalized spacial score (nSPS) is 17.3. The van der Waals surface area contributed by atoms with E-state index in [1.165, 1.54) is 39.5 Å². The van der Waals surface area contributed by atoms with E-state index in [9.17, 15) is 27.2 Å². The molecule has 0 saturated carbocycles. The van der Waals surface area contributed by atoms with Gasteiger partial charge in [0.25, 0.3) is 0 Å². The number of carbonyl (C=O) groups is 1. The molecule has 1 aliphatic rings. The zero-order chi connectivity index (χ0) is 16.0. The van der Waals surface area contributed by atoms with Crippen LogP contribution in [-0.4, -0.2) is 13.0 Å². The standard InChI is InChI=1S/C8H12.C5H8O2.BF4.Pd/c1-2-4-6-8-7-5-3-1;1-4(6)3-5(2)7;2-1(3,4)5;/h1-2,7-8H,3-6H2;3,6H,1-2H3;;/q;;-1;+2/p-1/b2-1-,8-7-;4-3-;;. The Hall–Kier alpha value is -0.863. The fraction of sp³-hybridized carbons (Fsp3) is 0.462. The van der Waals surface area contributed by atoms with Crippen molar-refractivity contribution in [3.63, 3.8) is 0 Å². The van der Waals surface area contributed by atoms with Gasteiger partial charge in [0, 0.05) is 0 Å². The average molecular weight is 401 g/mol. The second kappa shape index (κ2) is 15.5. The predicted molar refractivity (Wildman–Crippen MR) is 71.4 cm³/mol. The van der Waals surface area contributed by atoms with Crippen molar-refractivity contribution in [3.05, 3.63) is 36.1 Å². The van der Waals surface area contributed by atoms with E-state index in [-0.39, 0.29) is 32.0 Å². The van der Waals surface area contributed by atoms with Crippen molar-refractivity contribution in [2.75, 3.05) is 0 Å². The minimum Gasteiger partial charge on any atom is -0.876 e. The molecule has 0 fully saturated rings. The molecule has 0 atom stereocenters. The maximum Gasteiger partial charge on any atom is 2.00 e. The predicted octanol–water partition coefficient (Wildman–Crippen LogP) is 3.81. The summed E-state index contributed by atoms with van der Waals surface area (Å²) in [5.74, 6) is -0.375. The smallest absolute Gasteiger partial charge is 0.876 e. The summed E-state index contributed by atoms with van der Waals surface area (Å²) in [6.07, 6.45) is 15.1. The first-order valence-corrected chi connectivity index (χ1v) is 6.16. The van der Waals surface area contributed by atoms with Crippen LogP contribution in [0.25, 0.3) is 0 Å². The third kappa shape index (κ3) is 45.3. The summed E-state index contributed by atoms with van der Waals surface area (Å²) in [4.78, 5) is 9.98. The second-order valence-corrected chi connectivity index (χ2v) is 3.96. The summed E-state index contributed by atoms with van der Waals surface area (Å²) in [5.41, 5.74) is 0. The van der Waals surface area contributed by atoms with Gasteiger partial charge in [-0.1, -0.05) is 31.2 Å². The fourth-order valence-corrected chi connectivity index (χ4v) is 1.14. The van der Waals surface area contributed by atoms with Gasteiger partial charge in [0.1, 0.15) is 0 Å². The summed E-state index contributed by atoms with van der Waals surface area (Å²) >= 11 is 0. The molecule has 0 aliphatic heterocycles. The number of ketones is 1. The molecule has 0 bridgehead atoms. The minimum atomic E-state index is -6.00. The van der Waals surface area contributed by atoms with Crippen LogP contribution >= 0.6 is 0 Å². The minimum absolute atomic E-state index is 0. The summed E-state index contributed by atoms with van der Waals surface area (Å²) in [7, 11) is -6.00. The summed E-state index contributed by atoms with van der Waals surface area (Å²) in [5, 5.41) is 9.98. The van der Waals surface area contributed by atoms with E-state index in [4.69, 9.17) is 0 Å². The number of hydrogen-bond donors (Lipinski definition) is 0. The molecule has 0 radical (unpaired) electrons.